The normalized spacial score (nSPS) is 24.2. The molecule has 1 unspecified atom stereocenters. The number of benzene rings is 1. The van der Waals surface area contributed by atoms with Crippen molar-refractivity contribution in [1.82, 2.24) is 29.2 Å². The van der Waals surface area contributed by atoms with Gasteiger partial charge in [-0.25, -0.2) is 24.4 Å². The van der Waals surface area contributed by atoms with E-state index in [1.165, 1.54) is 33.8 Å². The number of carbonyl (C=O) groups excluding carboxylic acids is 2. The van der Waals surface area contributed by atoms with Gasteiger partial charge in [-0.3, -0.25) is 19.6 Å². The van der Waals surface area contributed by atoms with Gasteiger partial charge in [-0.2, -0.15) is 5.26 Å². The van der Waals surface area contributed by atoms with E-state index in [4.69, 9.17) is 19.5 Å². The molecule has 0 bridgehead atoms. The molecule has 2 aliphatic heterocycles. The molecule has 5 N–H and O–H groups in total. The van der Waals surface area contributed by atoms with E-state index in [2.05, 4.69) is 16.9 Å². The van der Waals surface area contributed by atoms with Gasteiger partial charge in [0.15, 0.2) is 17.5 Å². The first-order valence-corrected chi connectivity index (χ1v) is 17.9. The lowest BCUT2D eigenvalue weighted by Gasteiger charge is -2.43. The average molecular weight is 800 g/mol. The van der Waals surface area contributed by atoms with E-state index in [9.17, 15) is 50.0 Å². The monoisotopic (exact) mass is 799 g/mol. The first-order valence-electron chi connectivity index (χ1n) is 17.9. The fourth-order valence-electron chi connectivity index (χ4n) is 6.69. The number of carboxylic acids is 1. The molecule has 5 rings (SSSR count). The Bertz CT molecular complexity index is 1990. The number of carboxylic acid groups (broad SMARTS) is 1. The lowest BCUT2D eigenvalue weighted by Crippen LogP contribution is -2.61. The Balaban J connectivity index is 1.17. The number of likely N-dealkylation sites (tertiary alicyclic amines) is 1. The van der Waals surface area contributed by atoms with Gasteiger partial charge in [0.25, 0.3) is 0 Å². The standard InChI is InChI=1S/C35H45N9O13/c1-19-8-11-42(25(45)7-10-36)16-23(19)41(4)30-21-9-12-43(31(21)38-18-37-30)34(51)39(2)13-14-40(3)35(52)55-17-20-5-6-24(22(15-20)44(53)54)56-33-28(48)26(46)27(47)29(57-33)32(49)50/h5-6,9,12,15,18-19,23,25-29,33,45-48H,7-8,11,13-14,16-17H2,1-4H3,(H,49,50)/t19-,23+,25?,26+,27+,28-,29+,33-/m1/s1. The van der Waals surface area contributed by atoms with Crippen molar-refractivity contribution < 1.29 is 59.1 Å². The van der Waals surface area contributed by atoms with Crippen LogP contribution in [0.5, 0.6) is 5.75 Å². The third kappa shape index (κ3) is 9.30. The zero-order chi connectivity index (χ0) is 41.7. The molecule has 2 saturated heterocycles. The van der Waals surface area contributed by atoms with E-state index in [-0.39, 0.29) is 37.0 Å². The fraction of sp³-hybridized carbons (Fsp3) is 0.543. The molecule has 0 saturated carbocycles. The topological polar surface area (TPSA) is 291 Å². The number of nitro groups is 1. The number of aliphatic hydroxyl groups is 4. The van der Waals surface area contributed by atoms with Gasteiger partial charge in [-0.05, 0) is 30.0 Å². The molecule has 1 aromatic carbocycles. The highest BCUT2D eigenvalue weighted by molar-refractivity contribution is 5.94. The zero-order valence-electron chi connectivity index (χ0n) is 31.6. The summed E-state index contributed by atoms with van der Waals surface area (Å²) in [7, 11) is 4.89. The first-order chi connectivity index (χ1) is 27.0. The molecule has 4 heterocycles. The molecule has 22 heteroatoms. The number of nitriles is 1. The number of hydrogen-bond acceptors (Lipinski definition) is 17. The number of aliphatic hydroxyl groups excluding tert-OH is 4. The number of aliphatic carboxylic acids is 1. The quantitative estimate of drug-likeness (QED) is 0.114. The molecular formula is C35H45N9O13. The number of aromatic nitrogens is 3. The largest absolute Gasteiger partial charge is 0.479 e. The summed E-state index contributed by atoms with van der Waals surface area (Å²) in [4.78, 5) is 64.1. The molecule has 0 radical (unpaired) electrons. The van der Waals surface area contributed by atoms with Gasteiger partial charge >= 0.3 is 23.8 Å². The molecule has 8 atom stereocenters. The lowest BCUT2D eigenvalue weighted by atomic mass is 9.92. The third-order valence-corrected chi connectivity index (χ3v) is 10.2. The van der Waals surface area contributed by atoms with Gasteiger partial charge in [0.1, 0.15) is 43.3 Å². The first kappa shape index (κ1) is 42.4. The highest BCUT2D eigenvalue weighted by atomic mass is 16.7. The third-order valence-electron chi connectivity index (χ3n) is 10.2. The van der Waals surface area contributed by atoms with Crippen LogP contribution in [0.15, 0.2) is 36.8 Å². The molecule has 308 valence electrons. The second-order valence-corrected chi connectivity index (χ2v) is 14.0. The highest BCUT2D eigenvalue weighted by Gasteiger charge is 2.48. The summed E-state index contributed by atoms with van der Waals surface area (Å²) in [6, 6.07) is 6.75. The minimum Gasteiger partial charge on any atom is -0.479 e. The Hall–Kier alpha value is -5.70. The summed E-state index contributed by atoms with van der Waals surface area (Å²) >= 11 is 0. The van der Waals surface area contributed by atoms with Gasteiger partial charge in [0, 0.05) is 65.6 Å². The van der Waals surface area contributed by atoms with Crippen LogP contribution in [0.3, 0.4) is 0 Å². The number of likely N-dealkylation sites (N-methyl/N-ethyl adjacent to an activating group) is 3. The van der Waals surface area contributed by atoms with Crippen molar-refractivity contribution in [3.63, 3.8) is 0 Å². The Morgan fingerprint density at radius 1 is 1.11 bits per heavy atom. The van der Waals surface area contributed by atoms with Crippen LogP contribution in [0.4, 0.5) is 21.1 Å². The van der Waals surface area contributed by atoms with Crippen molar-refractivity contribution in [2.75, 3.05) is 52.2 Å². The van der Waals surface area contributed by atoms with E-state index in [0.717, 1.165) is 18.6 Å². The van der Waals surface area contributed by atoms with E-state index in [1.807, 2.05) is 22.9 Å². The average Bonchev–Trinajstić information content (AvgIpc) is 3.63. The number of rotatable bonds is 13. The number of nitrogens with zero attached hydrogens (tertiary/aromatic N) is 9. The number of fused-ring (bicyclic) bond motifs is 1. The molecule has 0 spiro atoms. The minimum absolute atomic E-state index is 0.00358. The molecule has 3 aromatic rings. The summed E-state index contributed by atoms with van der Waals surface area (Å²) in [5, 5.41) is 71.3. The van der Waals surface area contributed by atoms with E-state index >= 15 is 0 Å². The molecule has 0 aliphatic carbocycles. The minimum atomic E-state index is -1.98. The number of piperidine rings is 1. The maximum absolute atomic E-state index is 13.5. The van der Waals surface area contributed by atoms with Crippen LogP contribution >= 0.6 is 0 Å². The maximum atomic E-state index is 13.5. The number of amides is 2. The van der Waals surface area contributed by atoms with E-state index in [0.29, 0.717) is 29.9 Å². The number of anilines is 1. The Morgan fingerprint density at radius 3 is 2.51 bits per heavy atom. The van der Waals surface area contributed by atoms with Crippen molar-refractivity contribution in [1.29, 1.82) is 5.26 Å². The molecular weight excluding hydrogens is 754 g/mol. The number of ether oxygens (including phenoxy) is 3. The Kier molecular flexibility index (Phi) is 13.4. The molecule has 57 heavy (non-hydrogen) atoms. The van der Waals surface area contributed by atoms with Crippen molar-refractivity contribution in [3.05, 3.63) is 52.5 Å². The van der Waals surface area contributed by atoms with Crippen LogP contribution in [0.2, 0.25) is 0 Å². The van der Waals surface area contributed by atoms with Crippen LogP contribution in [-0.2, 0) is 20.9 Å². The molecule has 2 fully saturated rings. The highest BCUT2D eigenvalue weighted by Crippen LogP contribution is 2.33. The number of hydrogen-bond donors (Lipinski definition) is 5. The summed E-state index contributed by atoms with van der Waals surface area (Å²) in [6.45, 7) is 3.03. The van der Waals surface area contributed by atoms with Crippen LogP contribution in [-0.4, -0.2) is 168 Å². The van der Waals surface area contributed by atoms with Gasteiger partial charge in [0.2, 0.25) is 6.29 Å². The van der Waals surface area contributed by atoms with Crippen LogP contribution in [0, 0.1) is 27.4 Å². The van der Waals surface area contributed by atoms with Crippen LogP contribution < -0.4 is 9.64 Å². The predicted molar refractivity (Wildman–Crippen MR) is 196 cm³/mol. The fourth-order valence-corrected chi connectivity index (χ4v) is 6.69. The smallest absolute Gasteiger partial charge is 0.409 e. The van der Waals surface area contributed by atoms with Gasteiger partial charge in [0.05, 0.1) is 22.8 Å². The van der Waals surface area contributed by atoms with Crippen molar-refractivity contribution in [2.24, 2.45) is 5.92 Å². The zero-order valence-corrected chi connectivity index (χ0v) is 31.6. The summed E-state index contributed by atoms with van der Waals surface area (Å²) in [5.74, 6) is -1.26. The maximum Gasteiger partial charge on any atom is 0.409 e. The molecule has 22 nitrogen and oxygen atoms in total. The van der Waals surface area contributed by atoms with Crippen molar-refractivity contribution in [2.45, 2.75) is 69.3 Å². The van der Waals surface area contributed by atoms with Gasteiger partial charge in [-0.1, -0.05) is 13.0 Å². The summed E-state index contributed by atoms with van der Waals surface area (Å²) in [6.07, 6.45) is -7.66. The lowest BCUT2D eigenvalue weighted by molar-refractivity contribution is -0.387. The second-order valence-electron chi connectivity index (χ2n) is 14.0. The second kappa shape index (κ2) is 18.0. The Morgan fingerprint density at radius 2 is 1.82 bits per heavy atom. The van der Waals surface area contributed by atoms with E-state index in [1.54, 1.807) is 19.3 Å². The summed E-state index contributed by atoms with van der Waals surface area (Å²) in [5.41, 5.74) is -0.107. The summed E-state index contributed by atoms with van der Waals surface area (Å²) < 4.78 is 17.1. The van der Waals surface area contributed by atoms with Crippen molar-refractivity contribution in [3.8, 4) is 11.8 Å². The van der Waals surface area contributed by atoms with Gasteiger partial charge in [-0.15, -0.1) is 0 Å². The molecule has 2 amide bonds. The van der Waals surface area contributed by atoms with E-state index < -0.39 is 78.0 Å². The number of nitro benzene ring substituents is 1. The SMILES string of the molecule is C[C@@H]1CCN(C(O)CC#N)C[C@@H]1N(C)c1ncnc2c1ccn2C(=O)N(C)CCN(C)C(=O)OCc1ccc(O[C@@H]2O[C@H](C(=O)O)[C@@H](O)[C@H](O)[C@H]2O)c([N+](=O)[O-])c1. The van der Waals surface area contributed by atoms with Crippen molar-refractivity contribution >= 4 is 40.6 Å². The molecule has 2 aromatic heterocycles. The number of carbonyl (C=O) groups is 3. The molecule has 2 aliphatic rings. The van der Waals surface area contributed by atoms with Crippen LogP contribution in [0.25, 0.3) is 11.0 Å². The van der Waals surface area contributed by atoms with Gasteiger partial charge < -0.3 is 54.4 Å². The Labute approximate surface area is 325 Å². The predicted octanol–water partition coefficient (Wildman–Crippen LogP) is 0.158. The van der Waals surface area contributed by atoms with Crippen LogP contribution in [0.1, 0.15) is 25.3 Å².